The van der Waals surface area contributed by atoms with Gasteiger partial charge in [-0.25, -0.2) is 4.79 Å². The predicted molar refractivity (Wildman–Crippen MR) is 86.6 cm³/mol. The molecule has 0 radical (unpaired) electrons. The lowest BCUT2D eigenvalue weighted by Crippen LogP contribution is -2.33. The van der Waals surface area contributed by atoms with Gasteiger partial charge in [-0.3, -0.25) is 0 Å². The Balaban J connectivity index is 1.91. The summed E-state index contributed by atoms with van der Waals surface area (Å²) in [4.78, 5) is 11.9. The molecule has 1 aromatic carbocycles. The van der Waals surface area contributed by atoms with Crippen LogP contribution in [0.25, 0.3) is 6.08 Å². The van der Waals surface area contributed by atoms with Gasteiger partial charge < -0.3 is 10.5 Å². The van der Waals surface area contributed by atoms with E-state index in [1.807, 2.05) is 24.3 Å². The highest BCUT2D eigenvalue weighted by Gasteiger charge is 2.33. The zero-order valence-electron chi connectivity index (χ0n) is 13.1. The van der Waals surface area contributed by atoms with E-state index in [2.05, 4.69) is 20.8 Å². The zero-order valence-corrected chi connectivity index (χ0v) is 13.1. The fraction of sp³-hybridized carbons (Fsp3) is 0.500. The summed E-state index contributed by atoms with van der Waals surface area (Å²) in [5.41, 5.74) is 7.54. The smallest absolute Gasteiger partial charge is 0.331 e. The first kappa shape index (κ1) is 15.6. The second kappa shape index (κ2) is 6.33. The van der Waals surface area contributed by atoms with E-state index in [9.17, 15) is 4.79 Å². The molecule has 0 spiro atoms. The first-order valence-electron chi connectivity index (χ1n) is 7.58. The minimum absolute atomic E-state index is 0.0346. The van der Waals surface area contributed by atoms with E-state index < -0.39 is 0 Å². The summed E-state index contributed by atoms with van der Waals surface area (Å²) >= 11 is 0. The van der Waals surface area contributed by atoms with Crippen LogP contribution in [0.5, 0.6) is 0 Å². The van der Waals surface area contributed by atoms with E-state index in [1.54, 1.807) is 6.08 Å². The van der Waals surface area contributed by atoms with Crippen molar-refractivity contribution in [2.45, 2.75) is 46.1 Å². The van der Waals surface area contributed by atoms with Gasteiger partial charge in [0.2, 0.25) is 0 Å². The van der Waals surface area contributed by atoms with Gasteiger partial charge in [0.05, 0.1) is 0 Å². The van der Waals surface area contributed by atoms with E-state index >= 15 is 0 Å². The van der Waals surface area contributed by atoms with E-state index in [4.69, 9.17) is 10.5 Å². The number of esters is 1. The number of anilines is 1. The number of carbonyl (C=O) groups is 1. The molecule has 114 valence electrons. The first-order valence-corrected chi connectivity index (χ1v) is 7.58. The number of rotatable bonds is 3. The van der Waals surface area contributed by atoms with E-state index in [0.29, 0.717) is 11.6 Å². The molecule has 2 atom stereocenters. The summed E-state index contributed by atoms with van der Waals surface area (Å²) in [6.07, 6.45) is 6.40. The Labute approximate surface area is 127 Å². The van der Waals surface area contributed by atoms with Crippen molar-refractivity contribution in [1.82, 2.24) is 0 Å². The predicted octanol–water partition coefficient (Wildman–Crippen LogP) is 4.04. The van der Waals surface area contributed by atoms with Crippen LogP contribution in [0, 0.1) is 11.3 Å². The van der Waals surface area contributed by atoms with Gasteiger partial charge in [-0.1, -0.05) is 32.9 Å². The van der Waals surface area contributed by atoms with Crippen LogP contribution in [0.3, 0.4) is 0 Å². The third-order valence-electron chi connectivity index (χ3n) is 3.98. The molecule has 1 saturated carbocycles. The summed E-state index contributed by atoms with van der Waals surface area (Å²) in [5.74, 6) is 0.342. The molecule has 0 amide bonds. The summed E-state index contributed by atoms with van der Waals surface area (Å²) in [6.45, 7) is 6.72. The molecule has 1 aromatic rings. The number of benzene rings is 1. The highest BCUT2D eigenvalue weighted by atomic mass is 16.5. The Bertz CT molecular complexity index is 517. The summed E-state index contributed by atoms with van der Waals surface area (Å²) < 4.78 is 5.59. The van der Waals surface area contributed by atoms with Crippen LogP contribution in [0.2, 0.25) is 0 Å². The molecular formula is C18H25NO2. The van der Waals surface area contributed by atoms with Crippen molar-refractivity contribution in [1.29, 1.82) is 0 Å². The van der Waals surface area contributed by atoms with Crippen LogP contribution < -0.4 is 5.73 Å². The lowest BCUT2D eigenvalue weighted by molar-refractivity contribution is -0.147. The van der Waals surface area contributed by atoms with E-state index in [-0.39, 0.29) is 17.5 Å². The normalized spacial score (nSPS) is 24.9. The van der Waals surface area contributed by atoms with Crippen LogP contribution >= 0.6 is 0 Å². The van der Waals surface area contributed by atoms with E-state index in [0.717, 1.165) is 18.4 Å². The molecule has 0 aromatic heterocycles. The lowest BCUT2D eigenvalue weighted by atomic mass is 9.71. The van der Waals surface area contributed by atoms with E-state index in [1.165, 1.54) is 12.5 Å². The Morgan fingerprint density at radius 1 is 1.29 bits per heavy atom. The van der Waals surface area contributed by atoms with Crippen LogP contribution in [0.1, 0.15) is 45.6 Å². The molecule has 1 aliphatic carbocycles. The topological polar surface area (TPSA) is 52.3 Å². The van der Waals surface area contributed by atoms with Gasteiger partial charge in [-0.05, 0) is 54.4 Å². The van der Waals surface area contributed by atoms with Crippen molar-refractivity contribution in [3.8, 4) is 0 Å². The van der Waals surface area contributed by atoms with Crippen molar-refractivity contribution in [3.63, 3.8) is 0 Å². The van der Waals surface area contributed by atoms with Crippen molar-refractivity contribution in [3.05, 3.63) is 35.9 Å². The maximum absolute atomic E-state index is 11.9. The standard InChI is InChI=1S/C18H25NO2/c1-13-10-16(12-18(2,3)11-13)21-17(20)9-6-14-4-7-15(19)8-5-14/h4-9,13,16H,10-12,19H2,1-3H3/b9-6+. The van der Waals surface area contributed by atoms with Crippen LogP contribution in [-0.2, 0) is 9.53 Å². The second-order valence-electron chi connectivity index (χ2n) is 6.97. The molecule has 3 heteroatoms. The minimum Gasteiger partial charge on any atom is -0.459 e. The molecule has 0 saturated heterocycles. The maximum atomic E-state index is 11.9. The largest absolute Gasteiger partial charge is 0.459 e. The van der Waals surface area contributed by atoms with Gasteiger partial charge in [0.1, 0.15) is 6.10 Å². The fourth-order valence-electron chi connectivity index (χ4n) is 3.32. The van der Waals surface area contributed by atoms with Gasteiger partial charge in [0, 0.05) is 11.8 Å². The number of hydrogen-bond donors (Lipinski definition) is 1. The molecule has 2 rings (SSSR count). The number of nitrogen functional groups attached to an aromatic ring is 1. The maximum Gasteiger partial charge on any atom is 0.331 e. The summed E-state index contributed by atoms with van der Waals surface area (Å²) in [6, 6.07) is 7.39. The number of nitrogens with two attached hydrogens (primary N) is 1. The second-order valence-corrected chi connectivity index (χ2v) is 6.97. The lowest BCUT2D eigenvalue weighted by Gasteiger charge is -2.38. The fourth-order valence-corrected chi connectivity index (χ4v) is 3.32. The van der Waals surface area contributed by atoms with Crippen molar-refractivity contribution in [2.75, 3.05) is 5.73 Å². The highest BCUT2D eigenvalue weighted by molar-refractivity contribution is 5.87. The Morgan fingerprint density at radius 2 is 1.95 bits per heavy atom. The monoisotopic (exact) mass is 287 g/mol. The Morgan fingerprint density at radius 3 is 2.57 bits per heavy atom. The third-order valence-corrected chi connectivity index (χ3v) is 3.98. The van der Waals surface area contributed by atoms with Crippen LogP contribution in [0.4, 0.5) is 5.69 Å². The molecule has 2 unspecified atom stereocenters. The minimum atomic E-state index is -0.262. The summed E-state index contributed by atoms with van der Waals surface area (Å²) in [7, 11) is 0. The molecule has 21 heavy (non-hydrogen) atoms. The van der Waals surface area contributed by atoms with Gasteiger partial charge in [0.25, 0.3) is 0 Å². The molecule has 2 N–H and O–H groups in total. The molecular weight excluding hydrogens is 262 g/mol. The van der Waals surface area contributed by atoms with Crippen molar-refractivity contribution < 1.29 is 9.53 Å². The van der Waals surface area contributed by atoms with Crippen molar-refractivity contribution in [2.24, 2.45) is 11.3 Å². The van der Waals surface area contributed by atoms with Gasteiger partial charge in [-0.15, -0.1) is 0 Å². The van der Waals surface area contributed by atoms with Gasteiger partial charge in [-0.2, -0.15) is 0 Å². The van der Waals surface area contributed by atoms with Crippen molar-refractivity contribution >= 4 is 17.7 Å². The van der Waals surface area contributed by atoms with Gasteiger partial charge in [0.15, 0.2) is 0 Å². The summed E-state index contributed by atoms with van der Waals surface area (Å²) in [5, 5.41) is 0. The molecule has 0 heterocycles. The average Bonchev–Trinajstić information content (AvgIpc) is 2.35. The Kier molecular flexibility index (Phi) is 4.71. The van der Waals surface area contributed by atoms with Crippen LogP contribution in [0.15, 0.2) is 30.3 Å². The molecule has 1 fully saturated rings. The number of hydrogen-bond acceptors (Lipinski definition) is 3. The third kappa shape index (κ3) is 4.92. The quantitative estimate of drug-likeness (QED) is 0.518. The average molecular weight is 287 g/mol. The highest BCUT2D eigenvalue weighted by Crippen LogP contribution is 2.39. The number of carbonyl (C=O) groups excluding carboxylic acids is 1. The molecule has 0 aliphatic heterocycles. The zero-order chi connectivity index (χ0) is 15.5. The molecule has 0 bridgehead atoms. The number of ether oxygens (including phenoxy) is 1. The molecule has 3 nitrogen and oxygen atoms in total. The first-order chi connectivity index (χ1) is 9.84. The SMILES string of the molecule is CC1CC(OC(=O)/C=C/c2ccc(N)cc2)CC(C)(C)C1. The molecule has 1 aliphatic rings. The van der Waals surface area contributed by atoms with Crippen LogP contribution in [-0.4, -0.2) is 12.1 Å². The Hall–Kier alpha value is -1.77. The van der Waals surface area contributed by atoms with Gasteiger partial charge >= 0.3 is 5.97 Å².